The van der Waals surface area contributed by atoms with Crippen molar-refractivity contribution in [2.45, 2.75) is 27.7 Å². The molecule has 0 aliphatic heterocycles. The van der Waals surface area contributed by atoms with Crippen LogP contribution in [0.4, 0.5) is 10.1 Å². The molecule has 0 aromatic heterocycles. The van der Waals surface area contributed by atoms with E-state index in [0.717, 1.165) is 13.1 Å². The SMILES string of the molecule is CC(C)CN(/C=C(/C#N)C(=O)Nc1ccc(F)cc1)CC(C)C. The summed E-state index contributed by atoms with van der Waals surface area (Å²) in [5.74, 6) is -0.0223. The molecule has 124 valence electrons. The maximum atomic E-state index is 12.9. The molecule has 23 heavy (non-hydrogen) atoms. The van der Waals surface area contributed by atoms with Gasteiger partial charge in [-0.25, -0.2) is 4.39 Å². The van der Waals surface area contributed by atoms with Crippen molar-refractivity contribution in [3.8, 4) is 6.07 Å². The van der Waals surface area contributed by atoms with E-state index in [-0.39, 0.29) is 11.4 Å². The summed E-state index contributed by atoms with van der Waals surface area (Å²) in [5.41, 5.74) is 0.493. The summed E-state index contributed by atoms with van der Waals surface area (Å²) < 4.78 is 12.9. The highest BCUT2D eigenvalue weighted by Gasteiger charge is 2.13. The second kappa shape index (κ2) is 8.94. The molecule has 0 spiro atoms. The van der Waals surface area contributed by atoms with Gasteiger partial charge in [-0.1, -0.05) is 27.7 Å². The Morgan fingerprint density at radius 3 is 2.17 bits per heavy atom. The second-order valence-corrected chi connectivity index (χ2v) is 6.36. The maximum Gasteiger partial charge on any atom is 0.267 e. The Bertz CT molecular complexity index is 575. The zero-order valence-corrected chi connectivity index (χ0v) is 14.1. The van der Waals surface area contributed by atoms with Crippen LogP contribution in [-0.4, -0.2) is 23.9 Å². The highest BCUT2D eigenvalue weighted by Crippen LogP contribution is 2.11. The van der Waals surface area contributed by atoms with Gasteiger partial charge in [0.25, 0.3) is 5.91 Å². The van der Waals surface area contributed by atoms with Crippen molar-refractivity contribution in [2.24, 2.45) is 11.8 Å². The molecule has 4 nitrogen and oxygen atoms in total. The number of hydrogen-bond donors (Lipinski definition) is 1. The summed E-state index contributed by atoms with van der Waals surface area (Å²) in [6.07, 6.45) is 1.61. The van der Waals surface area contributed by atoms with E-state index in [1.165, 1.54) is 24.3 Å². The molecule has 0 unspecified atom stereocenters. The average Bonchev–Trinajstić information content (AvgIpc) is 2.45. The van der Waals surface area contributed by atoms with Crippen molar-refractivity contribution in [3.63, 3.8) is 0 Å². The fourth-order valence-electron chi connectivity index (χ4n) is 2.17. The van der Waals surface area contributed by atoms with Crippen LogP contribution in [-0.2, 0) is 4.79 Å². The van der Waals surface area contributed by atoms with Crippen LogP contribution in [0.15, 0.2) is 36.0 Å². The van der Waals surface area contributed by atoms with Gasteiger partial charge in [0.05, 0.1) is 0 Å². The molecule has 0 radical (unpaired) electrons. The number of hydrogen-bond acceptors (Lipinski definition) is 3. The third kappa shape index (κ3) is 6.96. The largest absolute Gasteiger partial charge is 0.376 e. The van der Waals surface area contributed by atoms with Gasteiger partial charge in [0.15, 0.2) is 0 Å². The minimum absolute atomic E-state index is 0.0376. The van der Waals surface area contributed by atoms with Crippen LogP contribution in [0.1, 0.15) is 27.7 Å². The molecule has 0 aliphatic carbocycles. The highest BCUT2D eigenvalue weighted by atomic mass is 19.1. The molecule has 1 rings (SSSR count). The molecule has 0 heterocycles. The number of benzene rings is 1. The lowest BCUT2D eigenvalue weighted by Crippen LogP contribution is -2.28. The third-order valence-corrected chi connectivity index (χ3v) is 2.98. The van der Waals surface area contributed by atoms with Gasteiger partial charge in [0.1, 0.15) is 17.5 Å². The monoisotopic (exact) mass is 317 g/mol. The second-order valence-electron chi connectivity index (χ2n) is 6.36. The van der Waals surface area contributed by atoms with Gasteiger partial charge in [-0.3, -0.25) is 4.79 Å². The van der Waals surface area contributed by atoms with E-state index in [9.17, 15) is 14.4 Å². The van der Waals surface area contributed by atoms with Gasteiger partial charge in [-0.15, -0.1) is 0 Å². The van der Waals surface area contributed by atoms with Crippen molar-refractivity contribution in [2.75, 3.05) is 18.4 Å². The number of nitrogens with zero attached hydrogens (tertiary/aromatic N) is 2. The first-order chi connectivity index (χ1) is 10.8. The fraction of sp³-hybridized carbons (Fsp3) is 0.444. The first kappa shape index (κ1) is 18.7. The summed E-state index contributed by atoms with van der Waals surface area (Å²) in [7, 11) is 0. The van der Waals surface area contributed by atoms with Crippen molar-refractivity contribution in [1.29, 1.82) is 5.26 Å². The number of nitriles is 1. The normalized spacial score (nSPS) is 11.5. The number of carbonyl (C=O) groups excluding carboxylic acids is 1. The van der Waals surface area contributed by atoms with E-state index in [4.69, 9.17) is 0 Å². The van der Waals surface area contributed by atoms with E-state index in [2.05, 4.69) is 33.0 Å². The molecule has 0 fully saturated rings. The van der Waals surface area contributed by atoms with Crippen LogP contribution in [0.3, 0.4) is 0 Å². The molecule has 5 heteroatoms. The molecular weight excluding hydrogens is 293 g/mol. The molecule has 1 amide bonds. The average molecular weight is 317 g/mol. The zero-order chi connectivity index (χ0) is 17.4. The van der Waals surface area contributed by atoms with Crippen LogP contribution in [0.25, 0.3) is 0 Å². The maximum absolute atomic E-state index is 12.9. The molecule has 0 saturated carbocycles. The van der Waals surface area contributed by atoms with Gasteiger partial charge >= 0.3 is 0 Å². The molecule has 0 saturated heterocycles. The predicted molar refractivity (Wildman–Crippen MR) is 90.0 cm³/mol. The van der Waals surface area contributed by atoms with Crippen molar-refractivity contribution in [3.05, 3.63) is 41.9 Å². The number of anilines is 1. The van der Waals surface area contributed by atoms with E-state index in [1.807, 2.05) is 11.0 Å². The lowest BCUT2D eigenvalue weighted by Gasteiger charge is -2.25. The van der Waals surface area contributed by atoms with Crippen LogP contribution in [0.5, 0.6) is 0 Å². The van der Waals surface area contributed by atoms with E-state index in [0.29, 0.717) is 17.5 Å². The van der Waals surface area contributed by atoms with Gasteiger partial charge in [-0.05, 0) is 36.1 Å². The molecule has 0 aliphatic rings. The lowest BCUT2D eigenvalue weighted by atomic mass is 10.1. The minimum Gasteiger partial charge on any atom is -0.376 e. The summed E-state index contributed by atoms with van der Waals surface area (Å²) in [4.78, 5) is 14.2. The Kier molecular flexibility index (Phi) is 7.27. The highest BCUT2D eigenvalue weighted by molar-refractivity contribution is 6.06. The Labute approximate surface area is 137 Å². The standard InChI is InChI=1S/C18H24FN3O/c1-13(2)10-22(11-14(3)4)12-15(9-20)18(23)21-17-7-5-16(19)6-8-17/h5-8,12-14H,10-11H2,1-4H3,(H,21,23)/b15-12-. The summed E-state index contributed by atoms with van der Waals surface area (Å²) in [5, 5.41) is 11.9. The number of halogens is 1. The van der Waals surface area contributed by atoms with Crippen LogP contribution in [0.2, 0.25) is 0 Å². The van der Waals surface area contributed by atoms with Gasteiger partial charge in [0.2, 0.25) is 0 Å². The van der Waals surface area contributed by atoms with E-state index >= 15 is 0 Å². The van der Waals surface area contributed by atoms with Crippen molar-refractivity contribution < 1.29 is 9.18 Å². The molecule has 1 aromatic rings. The number of nitrogens with one attached hydrogen (secondary N) is 1. The van der Waals surface area contributed by atoms with E-state index in [1.54, 1.807) is 6.20 Å². The van der Waals surface area contributed by atoms with Crippen molar-refractivity contribution >= 4 is 11.6 Å². The van der Waals surface area contributed by atoms with Crippen LogP contribution < -0.4 is 5.32 Å². The molecule has 0 bridgehead atoms. The first-order valence-corrected chi connectivity index (χ1v) is 7.74. The van der Waals surface area contributed by atoms with Gasteiger partial charge < -0.3 is 10.2 Å². The number of carbonyl (C=O) groups is 1. The summed E-state index contributed by atoms with van der Waals surface area (Å²) >= 11 is 0. The summed E-state index contributed by atoms with van der Waals surface area (Å²) in [6, 6.07) is 7.38. The molecule has 0 atom stereocenters. The molecule has 1 N–H and O–H groups in total. The number of rotatable bonds is 7. The van der Waals surface area contributed by atoms with Crippen LogP contribution in [0, 0.1) is 29.0 Å². The Hall–Kier alpha value is -2.35. The molecule has 1 aromatic carbocycles. The number of amides is 1. The van der Waals surface area contributed by atoms with Gasteiger partial charge in [0, 0.05) is 25.0 Å². The zero-order valence-electron chi connectivity index (χ0n) is 14.1. The van der Waals surface area contributed by atoms with Gasteiger partial charge in [-0.2, -0.15) is 5.26 Å². The first-order valence-electron chi connectivity index (χ1n) is 7.74. The topological polar surface area (TPSA) is 56.1 Å². The Morgan fingerprint density at radius 1 is 1.22 bits per heavy atom. The minimum atomic E-state index is -0.489. The predicted octanol–water partition coefficient (Wildman–Crippen LogP) is 3.79. The summed E-state index contributed by atoms with van der Waals surface area (Å²) in [6.45, 7) is 9.90. The Morgan fingerprint density at radius 2 is 1.74 bits per heavy atom. The van der Waals surface area contributed by atoms with E-state index < -0.39 is 5.91 Å². The quantitative estimate of drug-likeness (QED) is 0.615. The Balaban J connectivity index is 2.87. The smallest absolute Gasteiger partial charge is 0.267 e. The third-order valence-electron chi connectivity index (χ3n) is 2.98. The lowest BCUT2D eigenvalue weighted by molar-refractivity contribution is -0.112. The van der Waals surface area contributed by atoms with Crippen molar-refractivity contribution in [1.82, 2.24) is 4.90 Å². The van der Waals surface area contributed by atoms with Crippen LogP contribution >= 0.6 is 0 Å². The fourth-order valence-corrected chi connectivity index (χ4v) is 2.17. The molecular formula is C18H24FN3O.